The molecule has 178 valence electrons. The zero-order valence-electron chi connectivity index (χ0n) is 17.4. The fraction of sp³-hybridized carbons (Fsp3) is 0.286. The second-order valence-corrected chi connectivity index (χ2v) is 8.59. The van der Waals surface area contributed by atoms with Gasteiger partial charge in [0.1, 0.15) is 22.0 Å². The average Bonchev–Trinajstić information content (AvgIpc) is 2.74. The summed E-state index contributed by atoms with van der Waals surface area (Å²) in [6.45, 7) is 0.434. The van der Waals surface area contributed by atoms with E-state index in [9.17, 15) is 19.8 Å². The number of aliphatic carboxylic acids is 1. The highest BCUT2D eigenvalue weighted by molar-refractivity contribution is 9.10. The van der Waals surface area contributed by atoms with Gasteiger partial charge in [-0.1, -0.05) is 29.3 Å². The van der Waals surface area contributed by atoms with Crippen LogP contribution in [-0.2, 0) is 11.2 Å². The third kappa shape index (κ3) is 8.30. The number of guanidine groups is 1. The summed E-state index contributed by atoms with van der Waals surface area (Å²) in [5, 5.41) is 23.0. The molecule has 0 fully saturated rings. The van der Waals surface area contributed by atoms with Crippen molar-refractivity contribution < 1.29 is 24.5 Å². The van der Waals surface area contributed by atoms with Gasteiger partial charge in [0.15, 0.2) is 5.96 Å². The summed E-state index contributed by atoms with van der Waals surface area (Å²) in [7, 11) is 0. The normalized spacial score (nSPS) is 11.5. The monoisotopic (exact) mass is 560 g/mol. The highest BCUT2D eigenvalue weighted by atomic mass is 79.9. The summed E-state index contributed by atoms with van der Waals surface area (Å²) in [6, 6.07) is 6.58. The van der Waals surface area contributed by atoms with Gasteiger partial charge in [0.2, 0.25) is 0 Å². The Labute approximate surface area is 208 Å². The number of carbonyl (C=O) groups excluding carboxylic acids is 1. The quantitative estimate of drug-likeness (QED) is 0.160. The van der Waals surface area contributed by atoms with Crippen molar-refractivity contribution >= 4 is 57.0 Å². The minimum Gasteiger partial charge on any atom is -0.507 e. The van der Waals surface area contributed by atoms with Crippen molar-refractivity contribution in [3.63, 3.8) is 0 Å². The molecule has 1 amide bonds. The number of ether oxygens (including phenoxy) is 1. The van der Waals surface area contributed by atoms with Crippen LogP contribution < -0.4 is 21.5 Å². The molecule has 0 radical (unpaired) electrons. The number of hydrogen-bond donors (Lipinski definition) is 5. The molecule has 1 atom stereocenters. The van der Waals surface area contributed by atoms with E-state index in [2.05, 4.69) is 26.2 Å². The van der Waals surface area contributed by atoms with Crippen molar-refractivity contribution in [2.24, 2.45) is 16.5 Å². The predicted octanol–water partition coefficient (Wildman–Crippen LogP) is 3.32. The number of phenolic OH excluding ortho intramolecular Hbond substituents is 1. The third-order valence-electron chi connectivity index (χ3n) is 4.48. The van der Waals surface area contributed by atoms with E-state index in [0.29, 0.717) is 22.9 Å². The van der Waals surface area contributed by atoms with Crippen LogP contribution in [-0.4, -0.2) is 47.2 Å². The molecule has 2 rings (SSSR count). The van der Waals surface area contributed by atoms with Gasteiger partial charge in [-0.2, -0.15) is 0 Å². The number of nitrogens with zero attached hydrogens (tertiary/aromatic N) is 1. The fourth-order valence-corrected chi connectivity index (χ4v) is 3.66. The first-order chi connectivity index (χ1) is 15.6. The number of nitrogens with two attached hydrogens (primary N) is 2. The molecule has 9 nitrogen and oxygen atoms in total. The molecule has 12 heteroatoms. The van der Waals surface area contributed by atoms with Gasteiger partial charge in [-0.15, -0.1) is 0 Å². The molecule has 2 aromatic rings. The number of nitrogens with one attached hydrogen (secondary N) is 1. The first kappa shape index (κ1) is 26.6. The lowest BCUT2D eigenvalue weighted by Gasteiger charge is -2.16. The highest BCUT2D eigenvalue weighted by Gasteiger charge is 2.22. The van der Waals surface area contributed by atoms with Crippen LogP contribution in [0.4, 0.5) is 0 Å². The fourth-order valence-electron chi connectivity index (χ4n) is 2.82. The van der Waals surface area contributed by atoms with E-state index >= 15 is 0 Å². The topological polar surface area (TPSA) is 160 Å². The summed E-state index contributed by atoms with van der Waals surface area (Å²) in [6.07, 6.45) is 0.921. The van der Waals surface area contributed by atoms with E-state index < -0.39 is 17.9 Å². The number of hydrogen-bond acceptors (Lipinski definition) is 5. The molecule has 0 aliphatic carbocycles. The standard InChI is InChI=1S/C21H23BrCl2N4O5/c22-18-16(29)8-12(19(30)28-15(20(31)32)2-1-6-27-21(25)26)9-17(18)33-7-5-11-3-4-13(23)10-14(11)24/h3-4,8-10,15,29H,1-2,5-7H2,(H,28,30)(H,31,32)(H4,25,26,27)/t15-/m0/s1. The first-order valence-electron chi connectivity index (χ1n) is 9.76. The number of aliphatic imine (C=N–C) groups is 1. The molecule has 0 saturated carbocycles. The molecule has 0 spiro atoms. The largest absolute Gasteiger partial charge is 0.507 e. The Morgan fingerprint density at radius 3 is 2.58 bits per heavy atom. The number of carboxylic acids is 1. The van der Waals surface area contributed by atoms with Crippen molar-refractivity contribution in [2.75, 3.05) is 13.2 Å². The molecular weight excluding hydrogens is 539 g/mol. The van der Waals surface area contributed by atoms with E-state index in [-0.39, 0.29) is 47.1 Å². The van der Waals surface area contributed by atoms with E-state index in [1.165, 1.54) is 12.1 Å². The third-order valence-corrected chi connectivity index (χ3v) is 5.86. The van der Waals surface area contributed by atoms with Gasteiger partial charge in [-0.25, -0.2) is 4.79 Å². The molecule has 7 N–H and O–H groups in total. The van der Waals surface area contributed by atoms with Crippen LogP contribution in [0, 0.1) is 0 Å². The lowest BCUT2D eigenvalue weighted by Crippen LogP contribution is -2.40. The minimum atomic E-state index is -1.20. The molecule has 33 heavy (non-hydrogen) atoms. The van der Waals surface area contributed by atoms with Crippen molar-refractivity contribution in [1.29, 1.82) is 0 Å². The summed E-state index contributed by atoms with van der Waals surface area (Å²) in [5.41, 5.74) is 11.3. The predicted molar refractivity (Wildman–Crippen MR) is 130 cm³/mol. The Kier molecular flexibility index (Phi) is 10.1. The summed E-state index contributed by atoms with van der Waals surface area (Å²) in [4.78, 5) is 27.9. The van der Waals surface area contributed by atoms with Crippen LogP contribution in [0.1, 0.15) is 28.8 Å². The number of carboxylic acid groups (broad SMARTS) is 1. The number of carbonyl (C=O) groups is 2. The maximum atomic E-state index is 12.6. The number of benzene rings is 2. The molecule has 0 aliphatic rings. The van der Waals surface area contributed by atoms with Crippen LogP contribution in [0.25, 0.3) is 0 Å². The maximum absolute atomic E-state index is 12.6. The lowest BCUT2D eigenvalue weighted by molar-refractivity contribution is -0.139. The first-order valence-corrected chi connectivity index (χ1v) is 11.3. The van der Waals surface area contributed by atoms with Gasteiger partial charge in [0, 0.05) is 28.6 Å². The van der Waals surface area contributed by atoms with Gasteiger partial charge in [0.05, 0.1) is 6.61 Å². The molecular formula is C21H23BrCl2N4O5. The van der Waals surface area contributed by atoms with Gasteiger partial charge in [-0.3, -0.25) is 9.79 Å². The highest BCUT2D eigenvalue weighted by Crippen LogP contribution is 2.35. The van der Waals surface area contributed by atoms with Crippen LogP contribution in [0.15, 0.2) is 39.8 Å². The van der Waals surface area contributed by atoms with Crippen molar-refractivity contribution in [3.05, 3.63) is 56.0 Å². The number of halogens is 3. The number of amides is 1. The molecule has 2 aromatic carbocycles. The number of phenols is 1. The Morgan fingerprint density at radius 2 is 1.94 bits per heavy atom. The maximum Gasteiger partial charge on any atom is 0.326 e. The zero-order chi connectivity index (χ0) is 24.5. The Bertz CT molecular complexity index is 1050. The Hall–Kier alpha value is -2.69. The van der Waals surface area contributed by atoms with Crippen LogP contribution >= 0.6 is 39.1 Å². The SMILES string of the molecule is NC(N)=NCCC[C@H](NC(=O)c1cc(O)c(Br)c(OCCc2ccc(Cl)cc2Cl)c1)C(=O)O. The molecule has 0 heterocycles. The number of rotatable bonds is 11. The molecule has 0 saturated heterocycles. The van der Waals surface area contributed by atoms with Crippen LogP contribution in [0.2, 0.25) is 10.0 Å². The summed E-state index contributed by atoms with van der Waals surface area (Å²) < 4.78 is 5.98. The lowest BCUT2D eigenvalue weighted by atomic mass is 10.1. The van der Waals surface area contributed by atoms with Crippen molar-refractivity contribution in [2.45, 2.75) is 25.3 Å². The van der Waals surface area contributed by atoms with Gasteiger partial charge < -0.3 is 31.7 Å². The smallest absolute Gasteiger partial charge is 0.326 e. The van der Waals surface area contributed by atoms with Gasteiger partial charge >= 0.3 is 5.97 Å². The second-order valence-electron chi connectivity index (χ2n) is 6.95. The van der Waals surface area contributed by atoms with E-state index in [1.54, 1.807) is 18.2 Å². The van der Waals surface area contributed by atoms with Gasteiger partial charge in [0.25, 0.3) is 5.91 Å². The van der Waals surface area contributed by atoms with E-state index in [0.717, 1.165) is 5.56 Å². The van der Waals surface area contributed by atoms with Crippen LogP contribution in [0.3, 0.4) is 0 Å². The average molecular weight is 562 g/mol. The Morgan fingerprint density at radius 1 is 1.21 bits per heavy atom. The minimum absolute atomic E-state index is 0.0331. The van der Waals surface area contributed by atoms with E-state index in [4.69, 9.17) is 39.4 Å². The van der Waals surface area contributed by atoms with E-state index in [1.807, 2.05) is 0 Å². The summed E-state index contributed by atoms with van der Waals surface area (Å²) >= 11 is 15.3. The summed E-state index contributed by atoms with van der Waals surface area (Å²) in [5.74, 6) is -2.00. The zero-order valence-corrected chi connectivity index (χ0v) is 20.5. The van der Waals surface area contributed by atoms with Crippen molar-refractivity contribution in [3.8, 4) is 11.5 Å². The van der Waals surface area contributed by atoms with Gasteiger partial charge in [-0.05, 0) is 58.6 Å². The Balaban J connectivity index is 2.06. The molecule has 0 aliphatic heterocycles. The molecule has 0 unspecified atom stereocenters. The van der Waals surface area contributed by atoms with Crippen molar-refractivity contribution in [1.82, 2.24) is 5.32 Å². The van der Waals surface area contributed by atoms with Crippen LogP contribution in [0.5, 0.6) is 11.5 Å². The molecule has 0 bridgehead atoms. The molecule has 0 aromatic heterocycles. The number of aromatic hydroxyl groups is 1. The second kappa shape index (κ2) is 12.5.